The van der Waals surface area contributed by atoms with Crippen LogP contribution in [-0.4, -0.2) is 12.2 Å². The third-order valence-electron chi connectivity index (χ3n) is 3.04. The molecule has 4 heteroatoms. The van der Waals surface area contributed by atoms with E-state index in [0.717, 1.165) is 16.7 Å². The van der Waals surface area contributed by atoms with Gasteiger partial charge in [0.1, 0.15) is 11.4 Å². The average molecular weight is 264 g/mol. The molecule has 98 valence electrons. The molecule has 0 saturated heterocycles. The SMILES string of the molecule is Cc1ccc(N=C=O)c(N=C=O)c1Cc1ccccc1. The van der Waals surface area contributed by atoms with Crippen LogP contribution in [0.2, 0.25) is 0 Å². The van der Waals surface area contributed by atoms with Crippen molar-refractivity contribution in [2.24, 2.45) is 9.98 Å². The van der Waals surface area contributed by atoms with E-state index in [9.17, 15) is 9.59 Å². The van der Waals surface area contributed by atoms with Crippen LogP contribution in [0, 0.1) is 6.92 Å². The van der Waals surface area contributed by atoms with Gasteiger partial charge >= 0.3 is 0 Å². The number of benzene rings is 2. The van der Waals surface area contributed by atoms with Crippen LogP contribution >= 0.6 is 0 Å². The zero-order valence-corrected chi connectivity index (χ0v) is 11.0. The summed E-state index contributed by atoms with van der Waals surface area (Å²) in [6.45, 7) is 1.93. The Balaban J connectivity index is 2.58. The van der Waals surface area contributed by atoms with Gasteiger partial charge in [-0.05, 0) is 36.1 Å². The second-order valence-electron chi connectivity index (χ2n) is 4.30. The highest BCUT2D eigenvalue weighted by Gasteiger charge is 2.11. The molecule has 0 aliphatic heterocycles. The fraction of sp³-hybridized carbons (Fsp3) is 0.125. The van der Waals surface area contributed by atoms with Crippen LogP contribution < -0.4 is 0 Å². The first kappa shape index (κ1) is 13.6. The molecule has 4 nitrogen and oxygen atoms in total. The van der Waals surface area contributed by atoms with Gasteiger partial charge in [0.15, 0.2) is 0 Å². The van der Waals surface area contributed by atoms with Crippen molar-refractivity contribution in [3.8, 4) is 0 Å². The average Bonchev–Trinajstić information content (AvgIpc) is 2.47. The molecule has 20 heavy (non-hydrogen) atoms. The van der Waals surface area contributed by atoms with E-state index in [0.29, 0.717) is 17.8 Å². The Kier molecular flexibility index (Phi) is 4.35. The molecule has 0 radical (unpaired) electrons. The Morgan fingerprint density at radius 2 is 1.65 bits per heavy atom. The molecule has 0 amide bonds. The fourth-order valence-corrected chi connectivity index (χ4v) is 2.06. The molecular weight excluding hydrogens is 252 g/mol. The van der Waals surface area contributed by atoms with E-state index >= 15 is 0 Å². The minimum Gasteiger partial charge on any atom is -0.211 e. The van der Waals surface area contributed by atoms with Crippen LogP contribution in [-0.2, 0) is 16.0 Å². The molecule has 0 aliphatic carbocycles. The summed E-state index contributed by atoms with van der Waals surface area (Å²) in [4.78, 5) is 28.4. The minimum absolute atomic E-state index is 0.333. The predicted molar refractivity (Wildman–Crippen MR) is 76.0 cm³/mol. The van der Waals surface area contributed by atoms with Crippen LogP contribution in [0.4, 0.5) is 11.4 Å². The van der Waals surface area contributed by atoms with E-state index in [4.69, 9.17) is 0 Å². The van der Waals surface area contributed by atoms with Gasteiger partial charge in [0.05, 0.1) is 0 Å². The second-order valence-corrected chi connectivity index (χ2v) is 4.30. The highest BCUT2D eigenvalue weighted by Crippen LogP contribution is 2.35. The molecular formula is C16H12N2O2. The number of rotatable bonds is 4. The number of hydrogen-bond acceptors (Lipinski definition) is 4. The quantitative estimate of drug-likeness (QED) is 0.626. The van der Waals surface area contributed by atoms with Gasteiger partial charge in [-0.15, -0.1) is 0 Å². The lowest BCUT2D eigenvalue weighted by Crippen LogP contribution is -1.93. The zero-order chi connectivity index (χ0) is 14.4. The van der Waals surface area contributed by atoms with E-state index < -0.39 is 0 Å². The van der Waals surface area contributed by atoms with Gasteiger partial charge in [-0.25, -0.2) is 9.59 Å². The summed E-state index contributed by atoms with van der Waals surface area (Å²) in [7, 11) is 0. The summed E-state index contributed by atoms with van der Waals surface area (Å²) in [6, 6.07) is 13.3. The summed E-state index contributed by atoms with van der Waals surface area (Å²) in [5.74, 6) is 0. The van der Waals surface area contributed by atoms with Crippen molar-refractivity contribution >= 4 is 23.5 Å². The minimum atomic E-state index is 0.333. The topological polar surface area (TPSA) is 58.9 Å². The molecule has 0 atom stereocenters. The largest absolute Gasteiger partial charge is 0.240 e. The molecule has 0 spiro atoms. The maximum Gasteiger partial charge on any atom is 0.240 e. The van der Waals surface area contributed by atoms with Gasteiger partial charge in [-0.3, -0.25) is 0 Å². The van der Waals surface area contributed by atoms with E-state index in [2.05, 4.69) is 9.98 Å². The molecule has 2 aromatic rings. The molecule has 0 saturated carbocycles. The molecule has 0 aliphatic rings. The highest BCUT2D eigenvalue weighted by molar-refractivity contribution is 5.73. The monoisotopic (exact) mass is 264 g/mol. The van der Waals surface area contributed by atoms with Crippen molar-refractivity contribution in [3.05, 3.63) is 59.2 Å². The molecule has 2 rings (SSSR count). The summed E-state index contributed by atoms with van der Waals surface area (Å²) < 4.78 is 0. The van der Waals surface area contributed by atoms with Crippen LogP contribution in [0.3, 0.4) is 0 Å². The summed E-state index contributed by atoms with van der Waals surface area (Å²) >= 11 is 0. The van der Waals surface area contributed by atoms with Crippen molar-refractivity contribution in [1.82, 2.24) is 0 Å². The van der Waals surface area contributed by atoms with E-state index in [1.807, 2.05) is 43.3 Å². The molecule has 0 unspecified atom stereocenters. The van der Waals surface area contributed by atoms with Crippen LogP contribution in [0.1, 0.15) is 16.7 Å². The van der Waals surface area contributed by atoms with E-state index in [1.165, 1.54) is 12.2 Å². The normalized spacial score (nSPS) is 9.45. The molecule has 0 bridgehead atoms. The number of hydrogen-bond donors (Lipinski definition) is 0. The summed E-state index contributed by atoms with van der Waals surface area (Å²) in [6.07, 6.45) is 3.61. The number of aryl methyl sites for hydroxylation is 1. The Morgan fingerprint density at radius 1 is 0.950 bits per heavy atom. The summed E-state index contributed by atoms with van der Waals surface area (Å²) in [5, 5.41) is 0. The second kappa shape index (κ2) is 6.39. The zero-order valence-electron chi connectivity index (χ0n) is 11.0. The molecule has 0 aromatic heterocycles. The fourth-order valence-electron chi connectivity index (χ4n) is 2.06. The predicted octanol–water partition coefficient (Wildman–Crippen LogP) is 3.52. The van der Waals surface area contributed by atoms with E-state index in [-0.39, 0.29) is 0 Å². The first-order valence-corrected chi connectivity index (χ1v) is 6.08. The van der Waals surface area contributed by atoms with Crippen molar-refractivity contribution in [3.63, 3.8) is 0 Å². The van der Waals surface area contributed by atoms with Gasteiger partial charge < -0.3 is 0 Å². The van der Waals surface area contributed by atoms with Gasteiger partial charge in [0, 0.05) is 0 Å². The van der Waals surface area contributed by atoms with Crippen LogP contribution in [0.25, 0.3) is 0 Å². The van der Waals surface area contributed by atoms with Gasteiger partial charge in [0.2, 0.25) is 12.2 Å². The Hall–Kier alpha value is -2.80. The van der Waals surface area contributed by atoms with Crippen LogP contribution in [0.5, 0.6) is 0 Å². The van der Waals surface area contributed by atoms with Crippen molar-refractivity contribution < 1.29 is 9.59 Å². The van der Waals surface area contributed by atoms with Crippen molar-refractivity contribution in [2.75, 3.05) is 0 Å². The first-order chi connectivity index (χ1) is 9.76. The van der Waals surface area contributed by atoms with Crippen molar-refractivity contribution in [1.29, 1.82) is 0 Å². The number of aliphatic imine (C=N–C) groups is 2. The van der Waals surface area contributed by atoms with Gasteiger partial charge in [-0.1, -0.05) is 36.4 Å². The number of isocyanates is 2. The van der Waals surface area contributed by atoms with E-state index in [1.54, 1.807) is 6.07 Å². The molecule has 0 heterocycles. The first-order valence-electron chi connectivity index (χ1n) is 6.08. The lowest BCUT2D eigenvalue weighted by molar-refractivity contribution is 0.564. The Morgan fingerprint density at radius 3 is 2.30 bits per heavy atom. The maximum atomic E-state index is 10.6. The molecule has 0 fully saturated rings. The molecule has 2 aromatic carbocycles. The number of nitrogens with zero attached hydrogens (tertiary/aromatic N) is 2. The van der Waals surface area contributed by atoms with Crippen LogP contribution in [0.15, 0.2) is 52.4 Å². The summed E-state index contributed by atoms with van der Waals surface area (Å²) in [5.41, 5.74) is 3.64. The Bertz CT molecular complexity index is 711. The third kappa shape index (κ3) is 2.96. The highest BCUT2D eigenvalue weighted by atomic mass is 16.1. The maximum absolute atomic E-state index is 10.6. The van der Waals surface area contributed by atoms with Gasteiger partial charge in [0.25, 0.3) is 0 Å². The third-order valence-corrected chi connectivity index (χ3v) is 3.04. The lowest BCUT2D eigenvalue weighted by Gasteiger charge is -2.10. The Labute approximate surface area is 116 Å². The van der Waals surface area contributed by atoms with Gasteiger partial charge in [-0.2, -0.15) is 9.98 Å². The number of carbonyl (C=O) groups excluding carboxylic acids is 2. The standard InChI is InChI=1S/C16H12N2O2/c1-12-7-8-15(17-10-19)16(18-11-20)14(12)9-13-5-3-2-4-6-13/h2-8H,9H2,1H3. The van der Waals surface area contributed by atoms with Crippen molar-refractivity contribution in [2.45, 2.75) is 13.3 Å². The molecule has 0 N–H and O–H groups in total. The smallest absolute Gasteiger partial charge is 0.211 e. The lowest BCUT2D eigenvalue weighted by atomic mass is 9.98.